The number of H-pyrrole nitrogens is 1. The van der Waals surface area contributed by atoms with Crippen molar-refractivity contribution in [1.82, 2.24) is 4.98 Å². The van der Waals surface area contributed by atoms with Crippen LogP contribution < -0.4 is 11.2 Å². The van der Waals surface area contributed by atoms with Gasteiger partial charge in [-0.05, 0) is 37.1 Å². The number of aromatic amines is 1. The summed E-state index contributed by atoms with van der Waals surface area (Å²) in [7, 11) is 0. The van der Waals surface area contributed by atoms with Gasteiger partial charge < -0.3 is 20.9 Å². The summed E-state index contributed by atoms with van der Waals surface area (Å²) in [6.07, 6.45) is 1.40. The van der Waals surface area contributed by atoms with E-state index >= 15 is 0 Å². The Kier molecular flexibility index (Phi) is 3.52. The van der Waals surface area contributed by atoms with Crippen LogP contribution in [-0.4, -0.2) is 27.7 Å². The minimum Gasteiger partial charge on any atom is -0.506 e. The van der Waals surface area contributed by atoms with Crippen molar-refractivity contribution >= 4 is 16.9 Å². The Labute approximate surface area is 108 Å². The lowest BCUT2D eigenvalue weighted by atomic mass is 10.0. The molecule has 0 amide bonds. The SMILES string of the molecule is NCCCc1cc(O)c2[nH]c(C(=O)O)cc(=O)c2c1. The summed E-state index contributed by atoms with van der Waals surface area (Å²) in [5.74, 6) is -1.38. The van der Waals surface area contributed by atoms with Crippen LogP contribution in [-0.2, 0) is 6.42 Å². The molecule has 0 aliphatic rings. The predicted octanol–water partition coefficient (Wildman–Crippen LogP) is 0.823. The van der Waals surface area contributed by atoms with Gasteiger partial charge >= 0.3 is 5.97 Å². The highest BCUT2D eigenvalue weighted by atomic mass is 16.4. The van der Waals surface area contributed by atoms with Crippen LogP contribution in [0.2, 0.25) is 0 Å². The highest BCUT2D eigenvalue weighted by Crippen LogP contribution is 2.23. The van der Waals surface area contributed by atoms with Gasteiger partial charge in [-0.3, -0.25) is 4.79 Å². The fourth-order valence-electron chi connectivity index (χ4n) is 1.96. The fourth-order valence-corrected chi connectivity index (χ4v) is 1.96. The number of phenols is 1. The van der Waals surface area contributed by atoms with Crippen molar-refractivity contribution in [1.29, 1.82) is 0 Å². The van der Waals surface area contributed by atoms with Crippen LogP contribution >= 0.6 is 0 Å². The Morgan fingerprint density at radius 2 is 2.05 bits per heavy atom. The molecule has 0 aliphatic heterocycles. The number of benzene rings is 1. The summed E-state index contributed by atoms with van der Waals surface area (Å²) in [4.78, 5) is 25.3. The van der Waals surface area contributed by atoms with Crippen LogP contribution in [0, 0.1) is 0 Å². The number of phenolic OH excluding ortho intramolecular Hbond substituents is 1. The quantitative estimate of drug-likeness (QED) is 0.651. The zero-order valence-electron chi connectivity index (χ0n) is 10.1. The Balaban J connectivity index is 2.63. The van der Waals surface area contributed by atoms with E-state index in [-0.39, 0.29) is 22.3 Å². The van der Waals surface area contributed by atoms with Crippen LogP contribution in [0.1, 0.15) is 22.5 Å². The Morgan fingerprint density at radius 1 is 1.32 bits per heavy atom. The minimum atomic E-state index is -1.24. The second kappa shape index (κ2) is 5.11. The van der Waals surface area contributed by atoms with Crippen molar-refractivity contribution in [3.05, 3.63) is 39.7 Å². The first-order valence-electron chi connectivity index (χ1n) is 5.85. The molecule has 100 valence electrons. The summed E-state index contributed by atoms with van der Waals surface area (Å²) >= 11 is 0. The highest BCUT2D eigenvalue weighted by Gasteiger charge is 2.11. The number of carboxylic acid groups (broad SMARTS) is 1. The number of fused-ring (bicyclic) bond motifs is 1. The van der Waals surface area contributed by atoms with Crippen LogP contribution in [0.4, 0.5) is 0 Å². The monoisotopic (exact) mass is 262 g/mol. The third kappa shape index (κ3) is 2.58. The molecule has 5 N–H and O–H groups in total. The number of hydrogen-bond acceptors (Lipinski definition) is 4. The van der Waals surface area contributed by atoms with Crippen molar-refractivity contribution in [2.45, 2.75) is 12.8 Å². The second-order valence-corrected chi connectivity index (χ2v) is 4.28. The lowest BCUT2D eigenvalue weighted by molar-refractivity contribution is 0.0691. The topological polar surface area (TPSA) is 116 Å². The lowest BCUT2D eigenvalue weighted by Gasteiger charge is -2.06. The number of nitrogens with one attached hydrogen (secondary N) is 1. The van der Waals surface area contributed by atoms with Gasteiger partial charge in [-0.1, -0.05) is 0 Å². The smallest absolute Gasteiger partial charge is 0.352 e. The highest BCUT2D eigenvalue weighted by molar-refractivity contribution is 5.91. The Morgan fingerprint density at radius 3 is 2.68 bits per heavy atom. The van der Waals surface area contributed by atoms with Crippen LogP contribution in [0.25, 0.3) is 10.9 Å². The molecule has 0 fully saturated rings. The average molecular weight is 262 g/mol. The predicted molar refractivity (Wildman–Crippen MR) is 70.6 cm³/mol. The zero-order chi connectivity index (χ0) is 14.0. The second-order valence-electron chi connectivity index (χ2n) is 4.28. The van der Waals surface area contributed by atoms with Crippen molar-refractivity contribution in [2.75, 3.05) is 6.54 Å². The summed E-state index contributed by atoms with van der Waals surface area (Å²) in [5, 5.41) is 19.0. The number of nitrogens with two attached hydrogens (primary N) is 1. The van der Waals surface area contributed by atoms with Gasteiger partial charge in [0.15, 0.2) is 5.43 Å². The molecule has 0 radical (unpaired) electrons. The Bertz CT molecular complexity index is 691. The lowest BCUT2D eigenvalue weighted by Crippen LogP contribution is -2.10. The number of carboxylic acids is 1. The van der Waals surface area contributed by atoms with E-state index in [1.165, 1.54) is 6.07 Å². The summed E-state index contributed by atoms with van der Waals surface area (Å²) < 4.78 is 0. The molecule has 6 heteroatoms. The maximum Gasteiger partial charge on any atom is 0.352 e. The summed E-state index contributed by atoms with van der Waals surface area (Å²) in [6.45, 7) is 0.521. The maximum absolute atomic E-state index is 11.9. The van der Waals surface area contributed by atoms with Gasteiger partial charge in [0.1, 0.15) is 11.4 Å². The number of aromatic nitrogens is 1. The average Bonchev–Trinajstić information content (AvgIpc) is 2.37. The van der Waals surface area contributed by atoms with Gasteiger partial charge in [0, 0.05) is 11.5 Å². The van der Waals surface area contributed by atoms with Crippen molar-refractivity contribution < 1.29 is 15.0 Å². The van der Waals surface area contributed by atoms with Gasteiger partial charge in [0.05, 0.1) is 5.52 Å². The van der Waals surface area contributed by atoms with E-state index in [4.69, 9.17) is 10.8 Å². The number of aromatic hydroxyl groups is 1. The number of hydrogen-bond donors (Lipinski definition) is 4. The third-order valence-corrected chi connectivity index (χ3v) is 2.88. The van der Waals surface area contributed by atoms with Crippen LogP contribution in [0.15, 0.2) is 23.0 Å². The largest absolute Gasteiger partial charge is 0.506 e. The number of pyridine rings is 1. The maximum atomic E-state index is 11.9. The molecular weight excluding hydrogens is 248 g/mol. The van der Waals surface area contributed by atoms with Gasteiger partial charge in [0.25, 0.3) is 0 Å². The van der Waals surface area contributed by atoms with E-state index in [1.807, 2.05) is 0 Å². The first-order chi connectivity index (χ1) is 9.02. The number of aromatic carboxylic acids is 1. The molecule has 2 rings (SSSR count). The van der Waals surface area contributed by atoms with Gasteiger partial charge in [0.2, 0.25) is 0 Å². The number of rotatable bonds is 4. The molecule has 0 atom stereocenters. The van der Waals surface area contributed by atoms with E-state index in [0.29, 0.717) is 13.0 Å². The molecule has 1 aromatic carbocycles. The summed E-state index contributed by atoms with van der Waals surface area (Å²) in [6, 6.07) is 4.17. The Hall–Kier alpha value is -2.34. The normalized spacial score (nSPS) is 10.8. The molecule has 19 heavy (non-hydrogen) atoms. The molecule has 1 aromatic heterocycles. The molecule has 1 heterocycles. The number of carbonyl (C=O) groups is 1. The first-order valence-corrected chi connectivity index (χ1v) is 5.85. The van der Waals surface area contributed by atoms with Crippen LogP contribution in [0.5, 0.6) is 5.75 Å². The fraction of sp³-hybridized carbons (Fsp3) is 0.231. The van der Waals surface area contributed by atoms with E-state index in [1.54, 1.807) is 6.07 Å². The van der Waals surface area contributed by atoms with Crippen LogP contribution in [0.3, 0.4) is 0 Å². The molecule has 6 nitrogen and oxygen atoms in total. The molecule has 2 aromatic rings. The van der Waals surface area contributed by atoms with E-state index < -0.39 is 11.4 Å². The van der Waals surface area contributed by atoms with Crippen molar-refractivity contribution in [3.63, 3.8) is 0 Å². The first kappa shape index (κ1) is 13.1. The molecule has 0 spiro atoms. The molecule has 0 saturated carbocycles. The third-order valence-electron chi connectivity index (χ3n) is 2.88. The standard InChI is InChI=1S/C13H14N2O4/c14-3-1-2-7-4-8-10(16)6-9(13(18)19)15-12(8)11(17)5-7/h4-6,17H,1-3,14H2,(H,15,16)(H,18,19). The minimum absolute atomic E-state index is 0.135. The van der Waals surface area contributed by atoms with Gasteiger partial charge in [-0.2, -0.15) is 0 Å². The van der Waals surface area contributed by atoms with Crippen molar-refractivity contribution in [2.24, 2.45) is 5.73 Å². The molecule has 0 saturated heterocycles. The van der Waals surface area contributed by atoms with E-state index in [0.717, 1.165) is 18.1 Å². The van der Waals surface area contributed by atoms with Crippen molar-refractivity contribution in [3.8, 4) is 5.75 Å². The molecular formula is C13H14N2O4. The summed E-state index contributed by atoms with van der Waals surface area (Å²) in [5.41, 5.74) is 5.67. The van der Waals surface area contributed by atoms with Gasteiger partial charge in [-0.15, -0.1) is 0 Å². The van der Waals surface area contributed by atoms with Gasteiger partial charge in [-0.25, -0.2) is 4.79 Å². The molecule has 0 unspecified atom stereocenters. The number of aryl methyl sites for hydroxylation is 1. The van der Waals surface area contributed by atoms with E-state index in [9.17, 15) is 14.7 Å². The molecule has 0 bridgehead atoms. The zero-order valence-corrected chi connectivity index (χ0v) is 10.1. The van der Waals surface area contributed by atoms with E-state index in [2.05, 4.69) is 4.98 Å². The molecule has 0 aliphatic carbocycles.